The van der Waals surface area contributed by atoms with Crippen LogP contribution in [0.1, 0.15) is 36.8 Å². The number of carbonyl (C=O) groups excluding carboxylic acids is 2. The van der Waals surface area contributed by atoms with Crippen molar-refractivity contribution >= 4 is 23.2 Å². The van der Waals surface area contributed by atoms with E-state index in [-0.39, 0.29) is 42.7 Å². The summed E-state index contributed by atoms with van der Waals surface area (Å²) in [5, 5.41) is 2.01. The Balaban J connectivity index is 1.76. The first-order valence-corrected chi connectivity index (χ1v) is 11.8. The average molecular weight is 463 g/mol. The average Bonchev–Trinajstić information content (AvgIpc) is 3.26. The van der Waals surface area contributed by atoms with E-state index < -0.39 is 5.82 Å². The maximum absolute atomic E-state index is 14.1. The molecule has 2 amide bonds. The standard InChI is InChI=1S/C24H31FN2O4S/c1-17(2)24(29)26(11-6-13-30-3)15-23(28)27-12-9-22-18(10-14-32-22)20(27)16-31-21-8-5-4-7-19(21)25/h4-5,7-8,10,14,17,20H,6,9,11-13,15-16H2,1-3H3/t20-/m1/s1. The smallest absolute Gasteiger partial charge is 0.242 e. The van der Waals surface area contributed by atoms with E-state index in [4.69, 9.17) is 9.47 Å². The number of amides is 2. The fourth-order valence-electron chi connectivity index (χ4n) is 3.89. The Bertz CT molecular complexity index is 917. The predicted octanol–water partition coefficient (Wildman–Crippen LogP) is 3.91. The molecule has 8 heteroatoms. The lowest BCUT2D eigenvalue weighted by molar-refractivity contribution is -0.144. The minimum absolute atomic E-state index is 0.0103. The molecule has 3 rings (SSSR count). The number of para-hydroxylation sites is 1. The van der Waals surface area contributed by atoms with Crippen molar-refractivity contribution in [3.8, 4) is 5.75 Å². The van der Waals surface area contributed by atoms with Gasteiger partial charge in [-0.1, -0.05) is 26.0 Å². The van der Waals surface area contributed by atoms with Crippen LogP contribution in [0.25, 0.3) is 0 Å². The molecule has 0 fully saturated rings. The second-order valence-corrected chi connectivity index (χ2v) is 9.15. The van der Waals surface area contributed by atoms with Crippen LogP contribution in [0.3, 0.4) is 0 Å². The van der Waals surface area contributed by atoms with Crippen molar-refractivity contribution < 1.29 is 23.5 Å². The van der Waals surface area contributed by atoms with E-state index in [1.807, 2.05) is 25.3 Å². The number of benzene rings is 1. The zero-order valence-electron chi connectivity index (χ0n) is 18.9. The van der Waals surface area contributed by atoms with E-state index >= 15 is 0 Å². The van der Waals surface area contributed by atoms with Gasteiger partial charge >= 0.3 is 0 Å². The second kappa shape index (κ2) is 11.4. The summed E-state index contributed by atoms with van der Waals surface area (Å²) in [6, 6.07) is 7.94. The zero-order chi connectivity index (χ0) is 23.1. The van der Waals surface area contributed by atoms with Gasteiger partial charge in [0.15, 0.2) is 11.6 Å². The molecule has 1 aromatic carbocycles. The van der Waals surface area contributed by atoms with Crippen LogP contribution in [0.2, 0.25) is 0 Å². The molecule has 174 valence electrons. The third kappa shape index (κ3) is 5.86. The molecule has 0 spiro atoms. The SMILES string of the molecule is COCCCN(CC(=O)N1CCc2sccc2[C@H]1COc1ccccc1F)C(=O)C(C)C. The van der Waals surface area contributed by atoms with Gasteiger partial charge in [-0.3, -0.25) is 9.59 Å². The molecule has 0 bridgehead atoms. The topological polar surface area (TPSA) is 59.1 Å². The number of thiophene rings is 1. The van der Waals surface area contributed by atoms with Crippen molar-refractivity contribution in [2.45, 2.75) is 32.7 Å². The number of methoxy groups -OCH3 is 1. The van der Waals surface area contributed by atoms with E-state index in [2.05, 4.69) is 0 Å². The number of hydrogen-bond donors (Lipinski definition) is 0. The molecule has 0 saturated carbocycles. The van der Waals surface area contributed by atoms with Gasteiger partial charge in [-0.15, -0.1) is 11.3 Å². The summed E-state index contributed by atoms with van der Waals surface area (Å²) in [5.74, 6) is -0.649. The molecule has 1 aromatic heterocycles. The predicted molar refractivity (Wildman–Crippen MR) is 122 cm³/mol. The molecule has 0 N–H and O–H groups in total. The summed E-state index contributed by atoms with van der Waals surface area (Å²) >= 11 is 1.66. The van der Waals surface area contributed by atoms with Gasteiger partial charge in [0.05, 0.1) is 12.6 Å². The number of carbonyl (C=O) groups is 2. The highest BCUT2D eigenvalue weighted by Gasteiger charge is 2.33. The lowest BCUT2D eigenvalue weighted by Crippen LogP contribution is -2.48. The lowest BCUT2D eigenvalue weighted by atomic mass is 10.00. The van der Waals surface area contributed by atoms with Crippen LogP contribution in [0.15, 0.2) is 35.7 Å². The van der Waals surface area contributed by atoms with Gasteiger partial charge < -0.3 is 19.3 Å². The summed E-state index contributed by atoms with van der Waals surface area (Å²) in [6.07, 6.45) is 1.42. The molecule has 1 aliphatic heterocycles. The zero-order valence-corrected chi connectivity index (χ0v) is 19.7. The van der Waals surface area contributed by atoms with Crippen LogP contribution in [0.5, 0.6) is 5.75 Å². The number of ether oxygens (including phenoxy) is 2. The Kier molecular flexibility index (Phi) is 8.64. The Morgan fingerprint density at radius 2 is 2.06 bits per heavy atom. The Morgan fingerprint density at radius 3 is 2.78 bits per heavy atom. The first-order valence-electron chi connectivity index (χ1n) is 10.9. The van der Waals surface area contributed by atoms with Crippen LogP contribution in [-0.2, 0) is 20.7 Å². The molecule has 0 aliphatic carbocycles. The maximum Gasteiger partial charge on any atom is 0.242 e. The highest BCUT2D eigenvalue weighted by Crippen LogP contribution is 2.34. The van der Waals surface area contributed by atoms with Crippen LogP contribution in [0, 0.1) is 11.7 Å². The molecule has 0 radical (unpaired) electrons. The van der Waals surface area contributed by atoms with E-state index in [1.165, 1.54) is 10.9 Å². The maximum atomic E-state index is 14.1. The van der Waals surface area contributed by atoms with Crippen LogP contribution in [-0.4, -0.2) is 61.6 Å². The minimum Gasteiger partial charge on any atom is -0.488 e. The molecule has 2 aromatic rings. The Morgan fingerprint density at radius 1 is 1.28 bits per heavy atom. The van der Waals surface area contributed by atoms with Crippen molar-refractivity contribution in [3.63, 3.8) is 0 Å². The van der Waals surface area contributed by atoms with Gasteiger partial charge in [-0.05, 0) is 42.0 Å². The summed E-state index contributed by atoms with van der Waals surface area (Å²) < 4.78 is 25.0. The van der Waals surface area contributed by atoms with E-state index in [9.17, 15) is 14.0 Å². The Hall–Kier alpha value is -2.45. The fraction of sp³-hybridized carbons (Fsp3) is 0.500. The number of rotatable bonds is 10. The number of nitrogens with zero attached hydrogens (tertiary/aromatic N) is 2. The van der Waals surface area contributed by atoms with E-state index in [0.717, 1.165) is 12.0 Å². The van der Waals surface area contributed by atoms with Gasteiger partial charge in [-0.25, -0.2) is 4.39 Å². The molecule has 32 heavy (non-hydrogen) atoms. The van der Waals surface area contributed by atoms with Gasteiger partial charge in [0.1, 0.15) is 6.61 Å². The van der Waals surface area contributed by atoms with Gasteiger partial charge in [0.25, 0.3) is 0 Å². The van der Waals surface area contributed by atoms with Gasteiger partial charge in [0, 0.05) is 37.6 Å². The van der Waals surface area contributed by atoms with Crippen LogP contribution < -0.4 is 4.74 Å². The van der Waals surface area contributed by atoms with Gasteiger partial charge in [0.2, 0.25) is 11.8 Å². The minimum atomic E-state index is -0.432. The van der Waals surface area contributed by atoms with Crippen LogP contribution >= 0.6 is 11.3 Å². The molecule has 0 saturated heterocycles. The first-order chi connectivity index (χ1) is 15.4. The molecule has 1 atom stereocenters. The number of hydrogen-bond acceptors (Lipinski definition) is 5. The molecule has 1 aliphatic rings. The molecule has 2 heterocycles. The van der Waals surface area contributed by atoms with Crippen molar-refractivity contribution in [3.05, 3.63) is 52.0 Å². The summed E-state index contributed by atoms with van der Waals surface area (Å²) in [6.45, 7) is 5.36. The fourth-order valence-corrected chi connectivity index (χ4v) is 4.82. The lowest BCUT2D eigenvalue weighted by Gasteiger charge is -2.37. The summed E-state index contributed by atoms with van der Waals surface area (Å²) in [7, 11) is 1.62. The highest BCUT2D eigenvalue weighted by molar-refractivity contribution is 7.10. The molecule has 0 unspecified atom stereocenters. The molecule has 6 nitrogen and oxygen atoms in total. The third-order valence-electron chi connectivity index (χ3n) is 5.56. The second-order valence-electron chi connectivity index (χ2n) is 8.15. The van der Waals surface area contributed by atoms with Crippen molar-refractivity contribution in [1.82, 2.24) is 9.80 Å². The van der Waals surface area contributed by atoms with Crippen LogP contribution in [0.4, 0.5) is 4.39 Å². The summed E-state index contributed by atoms with van der Waals surface area (Å²) in [4.78, 5) is 30.7. The largest absolute Gasteiger partial charge is 0.488 e. The third-order valence-corrected chi connectivity index (χ3v) is 6.55. The van der Waals surface area contributed by atoms with Crippen molar-refractivity contribution in [2.75, 3.05) is 40.0 Å². The van der Waals surface area contributed by atoms with Crippen molar-refractivity contribution in [1.29, 1.82) is 0 Å². The van der Waals surface area contributed by atoms with E-state index in [1.54, 1.807) is 46.4 Å². The molecular formula is C24H31FN2O4S. The highest BCUT2D eigenvalue weighted by atomic mass is 32.1. The van der Waals surface area contributed by atoms with Crippen molar-refractivity contribution in [2.24, 2.45) is 5.92 Å². The van der Waals surface area contributed by atoms with Gasteiger partial charge in [-0.2, -0.15) is 0 Å². The monoisotopic (exact) mass is 462 g/mol. The Labute approximate surface area is 192 Å². The quantitative estimate of drug-likeness (QED) is 0.503. The van der Waals surface area contributed by atoms with E-state index in [0.29, 0.717) is 26.1 Å². The molecular weight excluding hydrogens is 431 g/mol. The normalized spacial score (nSPS) is 15.5. The first kappa shape index (κ1) is 24.2. The number of halogens is 1. The summed E-state index contributed by atoms with van der Waals surface area (Å²) in [5.41, 5.74) is 1.03. The number of fused-ring (bicyclic) bond motifs is 1.